The summed E-state index contributed by atoms with van der Waals surface area (Å²) in [5, 5.41) is 39.8. The summed E-state index contributed by atoms with van der Waals surface area (Å²) in [4.78, 5) is 25.1. The molecule has 1 rings (SSSR count). The molecule has 10 nitrogen and oxygen atoms in total. The van der Waals surface area contributed by atoms with Crippen LogP contribution in [0.4, 0.5) is 0 Å². The summed E-state index contributed by atoms with van der Waals surface area (Å²) in [6, 6.07) is 0. The van der Waals surface area contributed by atoms with Crippen molar-refractivity contribution < 1.29 is 49.0 Å². The second-order valence-corrected chi connectivity index (χ2v) is 13.4. The lowest BCUT2D eigenvalue weighted by Gasteiger charge is -2.39. The van der Waals surface area contributed by atoms with E-state index in [1.165, 1.54) is 51.4 Å². The highest BCUT2D eigenvalue weighted by Gasteiger charge is 2.44. The van der Waals surface area contributed by atoms with Crippen LogP contribution < -0.4 is 0 Å². The summed E-state index contributed by atoms with van der Waals surface area (Å²) in [6.45, 7) is 3.25. The molecule has 1 saturated heterocycles. The number of aliphatic hydroxyl groups excluding tert-OH is 4. The summed E-state index contributed by atoms with van der Waals surface area (Å²) in [5.74, 6) is -0.913. The van der Waals surface area contributed by atoms with Crippen molar-refractivity contribution in [3.8, 4) is 0 Å². The van der Waals surface area contributed by atoms with Gasteiger partial charge >= 0.3 is 11.9 Å². The smallest absolute Gasteiger partial charge is 0.306 e. The van der Waals surface area contributed by atoms with E-state index in [2.05, 4.69) is 62.5 Å². The minimum Gasteiger partial charge on any atom is -0.462 e. The van der Waals surface area contributed by atoms with Gasteiger partial charge in [-0.15, -0.1) is 0 Å². The van der Waals surface area contributed by atoms with Crippen LogP contribution in [0, 0.1) is 0 Å². The Morgan fingerprint density at radius 1 is 0.596 bits per heavy atom. The fourth-order valence-corrected chi connectivity index (χ4v) is 5.46. The van der Waals surface area contributed by atoms with Crippen LogP contribution in [0.5, 0.6) is 0 Å². The number of hydrogen-bond acceptors (Lipinski definition) is 10. The summed E-state index contributed by atoms with van der Waals surface area (Å²) < 4.78 is 21.9. The molecule has 0 amide bonds. The molecule has 52 heavy (non-hydrogen) atoms. The van der Waals surface area contributed by atoms with Crippen LogP contribution in [0.15, 0.2) is 60.8 Å². The summed E-state index contributed by atoms with van der Waals surface area (Å²) in [6.07, 6.45) is 31.2. The van der Waals surface area contributed by atoms with Gasteiger partial charge in [-0.05, 0) is 51.4 Å². The number of ether oxygens (including phenoxy) is 4. The first kappa shape index (κ1) is 47.4. The van der Waals surface area contributed by atoms with E-state index in [0.29, 0.717) is 12.8 Å². The molecular weight excluding hydrogens is 664 g/mol. The Bertz CT molecular complexity index is 1030. The fraction of sp³-hybridized carbons (Fsp3) is 0.714. The van der Waals surface area contributed by atoms with Crippen molar-refractivity contribution in [3.05, 3.63) is 60.8 Å². The number of rotatable bonds is 31. The van der Waals surface area contributed by atoms with Gasteiger partial charge in [-0.3, -0.25) is 9.59 Å². The molecule has 1 heterocycles. The predicted octanol–water partition coefficient (Wildman–Crippen LogP) is 7.49. The average Bonchev–Trinajstić information content (AvgIpc) is 3.14. The average molecular weight is 735 g/mol. The Hall–Kier alpha value is -2.60. The quantitative estimate of drug-likeness (QED) is 0.0320. The van der Waals surface area contributed by atoms with Gasteiger partial charge in [-0.1, -0.05) is 132 Å². The zero-order valence-electron chi connectivity index (χ0n) is 32.0. The molecule has 10 heteroatoms. The normalized spacial score (nSPS) is 21.7. The zero-order chi connectivity index (χ0) is 38.1. The van der Waals surface area contributed by atoms with Crippen molar-refractivity contribution in [2.75, 3.05) is 19.8 Å². The molecule has 0 aromatic rings. The van der Waals surface area contributed by atoms with E-state index >= 15 is 0 Å². The Balaban J connectivity index is 2.40. The standard InChI is InChI=1S/C42H70O10/c1-3-5-7-9-11-13-14-15-16-17-18-19-20-21-22-23-25-26-28-30-37(44)49-33-35(51-38(45)31-29-27-24-12-10-8-6-4-2)34-50-42-41(48)40(47)39(46)36(32-43)52-42/h11,13,15-16,18-19,21-22,25-26,35-36,39-43,46-48H,3-10,12,14,17,20,23-24,27-34H2,1-2H3/b13-11+,16-15+,19-18+,22-21+,26-25+/t35-,36-,39+,40?,41?,42-/m0/s1. The van der Waals surface area contributed by atoms with Crippen LogP contribution in [-0.4, -0.2) is 89.0 Å². The van der Waals surface area contributed by atoms with Gasteiger partial charge in [0.15, 0.2) is 12.4 Å². The maximum absolute atomic E-state index is 12.6. The highest BCUT2D eigenvalue weighted by molar-refractivity contribution is 5.70. The maximum atomic E-state index is 12.6. The molecule has 0 spiro atoms. The molecule has 1 fully saturated rings. The van der Waals surface area contributed by atoms with Crippen LogP contribution in [-0.2, 0) is 28.5 Å². The van der Waals surface area contributed by atoms with Gasteiger partial charge in [-0.2, -0.15) is 0 Å². The van der Waals surface area contributed by atoms with Crippen molar-refractivity contribution in [3.63, 3.8) is 0 Å². The molecular formula is C42H70O10. The topological polar surface area (TPSA) is 152 Å². The van der Waals surface area contributed by atoms with Gasteiger partial charge in [0, 0.05) is 12.8 Å². The lowest BCUT2D eigenvalue weighted by Crippen LogP contribution is -2.59. The second kappa shape index (κ2) is 33.0. The summed E-state index contributed by atoms with van der Waals surface area (Å²) in [7, 11) is 0. The fourth-order valence-electron chi connectivity index (χ4n) is 5.46. The minimum atomic E-state index is -1.60. The number of aliphatic hydroxyl groups is 4. The van der Waals surface area contributed by atoms with Crippen LogP contribution in [0.3, 0.4) is 0 Å². The SMILES string of the molecule is CCCCC/C=C/C/C=C/C/C=C/C/C=C/C/C=C/CCC(=O)OC[C@@H](CO[C@H]1O[C@@H](CO)[C@@H](O)C(O)C1O)OC(=O)CCCCCCCCCC. The largest absolute Gasteiger partial charge is 0.462 e. The molecule has 0 aromatic carbocycles. The number of hydrogen-bond donors (Lipinski definition) is 4. The van der Waals surface area contributed by atoms with E-state index in [1.54, 1.807) is 0 Å². The monoisotopic (exact) mass is 734 g/mol. The van der Waals surface area contributed by atoms with E-state index in [4.69, 9.17) is 18.9 Å². The summed E-state index contributed by atoms with van der Waals surface area (Å²) in [5.41, 5.74) is 0. The Kier molecular flexibility index (Phi) is 30.1. The molecule has 6 atom stereocenters. The van der Waals surface area contributed by atoms with E-state index in [0.717, 1.165) is 44.9 Å². The van der Waals surface area contributed by atoms with Crippen LogP contribution >= 0.6 is 0 Å². The van der Waals surface area contributed by atoms with Crippen molar-refractivity contribution in [1.29, 1.82) is 0 Å². The molecule has 2 unspecified atom stereocenters. The van der Waals surface area contributed by atoms with Crippen LogP contribution in [0.2, 0.25) is 0 Å². The van der Waals surface area contributed by atoms with Gasteiger partial charge in [0.2, 0.25) is 0 Å². The van der Waals surface area contributed by atoms with Gasteiger partial charge in [-0.25, -0.2) is 0 Å². The van der Waals surface area contributed by atoms with E-state index < -0.39 is 55.4 Å². The molecule has 1 aliphatic rings. The van der Waals surface area contributed by atoms with E-state index in [-0.39, 0.29) is 26.1 Å². The number of esters is 2. The zero-order valence-corrected chi connectivity index (χ0v) is 32.0. The Morgan fingerprint density at radius 3 is 1.69 bits per heavy atom. The van der Waals surface area contributed by atoms with E-state index in [1.807, 2.05) is 12.2 Å². The number of carbonyl (C=O) groups is 2. The number of carbonyl (C=O) groups excluding carboxylic acids is 2. The molecule has 0 saturated carbocycles. The first-order valence-corrected chi connectivity index (χ1v) is 19.9. The summed E-state index contributed by atoms with van der Waals surface area (Å²) >= 11 is 0. The van der Waals surface area contributed by atoms with Crippen LogP contribution in [0.1, 0.15) is 136 Å². The lowest BCUT2D eigenvalue weighted by molar-refractivity contribution is -0.305. The number of unbranched alkanes of at least 4 members (excludes halogenated alkanes) is 10. The third-order valence-electron chi connectivity index (χ3n) is 8.67. The molecule has 0 aromatic heterocycles. The van der Waals surface area contributed by atoms with Crippen molar-refractivity contribution in [2.45, 2.75) is 173 Å². The third kappa shape index (κ3) is 24.6. The Morgan fingerprint density at radius 2 is 1.12 bits per heavy atom. The van der Waals surface area contributed by atoms with E-state index in [9.17, 15) is 30.0 Å². The highest BCUT2D eigenvalue weighted by Crippen LogP contribution is 2.22. The predicted molar refractivity (Wildman–Crippen MR) is 205 cm³/mol. The molecule has 0 bridgehead atoms. The van der Waals surface area contributed by atoms with Crippen molar-refractivity contribution >= 4 is 11.9 Å². The Labute approximate surface area is 313 Å². The molecule has 0 radical (unpaired) electrons. The van der Waals surface area contributed by atoms with Gasteiger partial charge < -0.3 is 39.4 Å². The van der Waals surface area contributed by atoms with Crippen LogP contribution in [0.25, 0.3) is 0 Å². The first-order chi connectivity index (χ1) is 25.3. The second-order valence-electron chi connectivity index (χ2n) is 13.4. The third-order valence-corrected chi connectivity index (χ3v) is 8.67. The molecule has 1 aliphatic heterocycles. The van der Waals surface area contributed by atoms with Gasteiger partial charge in [0.05, 0.1) is 13.2 Å². The maximum Gasteiger partial charge on any atom is 0.306 e. The highest BCUT2D eigenvalue weighted by atomic mass is 16.7. The van der Waals surface area contributed by atoms with Crippen molar-refractivity contribution in [1.82, 2.24) is 0 Å². The number of allylic oxidation sites excluding steroid dienone is 10. The molecule has 0 aliphatic carbocycles. The lowest BCUT2D eigenvalue weighted by atomic mass is 9.99. The van der Waals surface area contributed by atoms with Gasteiger partial charge in [0.25, 0.3) is 0 Å². The van der Waals surface area contributed by atoms with Gasteiger partial charge in [0.1, 0.15) is 31.0 Å². The minimum absolute atomic E-state index is 0.150. The molecule has 298 valence electrons. The first-order valence-electron chi connectivity index (χ1n) is 19.9. The van der Waals surface area contributed by atoms with Crippen molar-refractivity contribution in [2.24, 2.45) is 0 Å². The molecule has 4 N–H and O–H groups in total.